The standard InChI is InChI=1S/C13H26N4O3S.HI/c1-4-10(2)16-13(14-3)15-7-5-12(18)17-11-6-8-21(19,20)9-11;/h10-11H,4-9H2,1-3H3,(H,17,18)(H2,14,15,16);1H. The Bertz CT molecular complexity index is 482. The molecule has 1 aliphatic heterocycles. The molecule has 1 heterocycles. The summed E-state index contributed by atoms with van der Waals surface area (Å²) in [6.07, 6.45) is 1.79. The summed E-state index contributed by atoms with van der Waals surface area (Å²) >= 11 is 0. The SMILES string of the molecule is CCC(C)NC(=NC)NCCC(=O)NC1CCS(=O)(=O)C1.I. The van der Waals surface area contributed by atoms with E-state index in [9.17, 15) is 13.2 Å². The van der Waals surface area contributed by atoms with E-state index in [1.54, 1.807) is 7.05 Å². The largest absolute Gasteiger partial charge is 0.356 e. The van der Waals surface area contributed by atoms with Crippen molar-refractivity contribution in [3.63, 3.8) is 0 Å². The van der Waals surface area contributed by atoms with Gasteiger partial charge in [-0.1, -0.05) is 6.92 Å². The zero-order valence-electron chi connectivity index (χ0n) is 13.4. The van der Waals surface area contributed by atoms with Crippen molar-refractivity contribution in [3.05, 3.63) is 0 Å². The summed E-state index contributed by atoms with van der Waals surface area (Å²) in [5.41, 5.74) is 0. The predicted molar refractivity (Wildman–Crippen MR) is 99.5 cm³/mol. The number of nitrogens with zero attached hydrogens (tertiary/aromatic N) is 1. The van der Waals surface area contributed by atoms with Crippen molar-refractivity contribution in [1.82, 2.24) is 16.0 Å². The fourth-order valence-electron chi connectivity index (χ4n) is 2.03. The van der Waals surface area contributed by atoms with Crippen LogP contribution in [-0.2, 0) is 14.6 Å². The van der Waals surface area contributed by atoms with E-state index < -0.39 is 9.84 Å². The minimum absolute atomic E-state index is 0. The molecule has 1 saturated heterocycles. The van der Waals surface area contributed by atoms with E-state index in [1.165, 1.54) is 0 Å². The lowest BCUT2D eigenvalue weighted by Crippen LogP contribution is -2.43. The molecule has 0 aromatic carbocycles. The maximum Gasteiger partial charge on any atom is 0.222 e. The maximum atomic E-state index is 11.8. The van der Waals surface area contributed by atoms with Crippen LogP contribution in [0.2, 0.25) is 0 Å². The molecular weight excluding hydrogens is 419 g/mol. The zero-order valence-corrected chi connectivity index (χ0v) is 16.5. The number of sulfone groups is 1. The molecule has 1 rings (SSSR count). The molecule has 130 valence electrons. The van der Waals surface area contributed by atoms with Crippen molar-refractivity contribution in [2.45, 2.75) is 45.2 Å². The van der Waals surface area contributed by atoms with Gasteiger partial charge in [0, 0.05) is 32.1 Å². The minimum Gasteiger partial charge on any atom is -0.356 e. The monoisotopic (exact) mass is 446 g/mol. The van der Waals surface area contributed by atoms with Gasteiger partial charge in [0.2, 0.25) is 5.91 Å². The van der Waals surface area contributed by atoms with Gasteiger partial charge in [0.1, 0.15) is 0 Å². The van der Waals surface area contributed by atoms with Gasteiger partial charge in [-0.05, 0) is 19.8 Å². The topological polar surface area (TPSA) is 99.7 Å². The first-order valence-corrected chi connectivity index (χ1v) is 9.15. The molecule has 0 bridgehead atoms. The Morgan fingerprint density at radius 2 is 2.09 bits per heavy atom. The van der Waals surface area contributed by atoms with E-state index in [0.717, 1.165) is 6.42 Å². The van der Waals surface area contributed by atoms with Crippen molar-refractivity contribution >= 4 is 45.7 Å². The molecule has 0 saturated carbocycles. The van der Waals surface area contributed by atoms with Crippen LogP contribution in [0.15, 0.2) is 4.99 Å². The molecule has 0 spiro atoms. The third-order valence-electron chi connectivity index (χ3n) is 3.46. The molecule has 0 aromatic rings. The Kier molecular flexibility index (Phi) is 9.97. The first kappa shape index (κ1) is 21.4. The van der Waals surface area contributed by atoms with Crippen molar-refractivity contribution < 1.29 is 13.2 Å². The van der Waals surface area contributed by atoms with Crippen molar-refractivity contribution in [2.75, 3.05) is 25.1 Å². The molecule has 0 aliphatic carbocycles. The van der Waals surface area contributed by atoms with Crippen LogP contribution in [0.5, 0.6) is 0 Å². The lowest BCUT2D eigenvalue weighted by atomic mass is 10.2. The van der Waals surface area contributed by atoms with Crippen LogP contribution in [0.1, 0.15) is 33.1 Å². The number of aliphatic imine (C=N–C) groups is 1. The molecule has 1 amide bonds. The number of rotatable bonds is 6. The van der Waals surface area contributed by atoms with Crippen LogP contribution in [0, 0.1) is 0 Å². The highest BCUT2D eigenvalue weighted by atomic mass is 127. The van der Waals surface area contributed by atoms with Crippen LogP contribution in [0.25, 0.3) is 0 Å². The summed E-state index contributed by atoms with van der Waals surface area (Å²) in [4.78, 5) is 15.8. The highest BCUT2D eigenvalue weighted by Gasteiger charge is 2.28. The molecule has 9 heteroatoms. The van der Waals surface area contributed by atoms with Gasteiger partial charge in [-0.3, -0.25) is 9.79 Å². The van der Waals surface area contributed by atoms with Crippen LogP contribution in [0.3, 0.4) is 0 Å². The third-order valence-corrected chi connectivity index (χ3v) is 5.23. The van der Waals surface area contributed by atoms with E-state index >= 15 is 0 Å². The van der Waals surface area contributed by atoms with Crippen molar-refractivity contribution in [2.24, 2.45) is 4.99 Å². The molecular formula is C13H27IN4O3S. The Balaban J connectivity index is 0.00000441. The van der Waals surface area contributed by atoms with E-state index in [2.05, 4.69) is 34.8 Å². The summed E-state index contributed by atoms with van der Waals surface area (Å²) < 4.78 is 22.6. The van der Waals surface area contributed by atoms with Gasteiger partial charge in [-0.25, -0.2) is 8.42 Å². The molecule has 0 aromatic heterocycles. The fourth-order valence-corrected chi connectivity index (χ4v) is 3.71. The Hall–Kier alpha value is -0.580. The molecule has 0 radical (unpaired) electrons. The second-order valence-electron chi connectivity index (χ2n) is 5.37. The van der Waals surface area contributed by atoms with E-state index in [0.29, 0.717) is 25.0 Å². The van der Waals surface area contributed by atoms with Gasteiger partial charge in [-0.2, -0.15) is 0 Å². The number of nitrogens with one attached hydrogen (secondary N) is 3. The number of hydrogen-bond donors (Lipinski definition) is 3. The highest BCUT2D eigenvalue weighted by Crippen LogP contribution is 2.11. The molecule has 22 heavy (non-hydrogen) atoms. The normalized spacial score (nSPS) is 21.6. The summed E-state index contributed by atoms with van der Waals surface area (Å²) in [5.74, 6) is 0.759. The number of hydrogen-bond acceptors (Lipinski definition) is 4. The number of amides is 1. The number of carbonyl (C=O) groups excluding carboxylic acids is 1. The molecule has 7 nitrogen and oxygen atoms in total. The van der Waals surface area contributed by atoms with Crippen LogP contribution in [0.4, 0.5) is 0 Å². The summed E-state index contributed by atoms with van der Waals surface area (Å²) in [7, 11) is -1.27. The summed E-state index contributed by atoms with van der Waals surface area (Å²) in [6.45, 7) is 4.59. The van der Waals surface area contributed by atoms with Crippen LogP contribution in [-0.4, -0.2) is 57.5 Å². The van der Waals surface area contributed by atoms with Gasteiger partial charge < -0.3 is 16.0 Å². The van der Waals surface area contributed by atoms with Gasteiger partial charge in [0.25, 0.3) is 0 Å². The molecule has 2 unspecified atom stereocenters. The highest BCUT2D eigenvalue weighted by molar-refractivity contribution is 14.0. The van der Waals surface area contributed by atoms with Gasteiger partial charge >= 0.3 is 0 Å². The Morgan fingerprint density at radius 1 is 1.41 bits per heavy atom. The van der Waals surface area contributed by atoms with Crippen LogP contribution >= 0.6 is 24.0 Å². The quantitative estimate of drug-likeness (QED) is 0.309. The second-order valence-corrected chi connectivity index (χ2v) is 7.60. The van der Waals surface area contributed by atoms with E-state index in [1.807, 2.05) is 0 Å². The minimum atomic E-state index is -2.95. The number of guanidine groups is 1. The van der Waals surface area contributed by atoms with E-state index in [4.69, 9.17) is 0 Å². The Morgan fingerprint density at radius 3 is 2.59 bits per heavy atom. The average Bonchev–Trinajstić information content (AvgIpc) is 2.76. The number of carbonyl (C=O) groups is 1. The Labute approximate surface area is 150 Å². The summed E-state index contributed by atoms with van der Waals surface area (Å²) in [6, 6.07) is 0.0776. The lowest BCUT2D eigenvalue weighted by molar-refractivity contribution is -0.121. The van der Waals surface area contributed by atoms with Crippen molar-refractivity contribution in [3.8, 4) is 0 Å². The smallest absolute Gasteiger partial charge is 0.222 e. The van der Waals surface area contributed by atoms with Gasteiger partial charge in [0.05, 0.1) is 11.5 Å². The zero-order chi connectivity index (χ0) is 15.9. The molecule has 1 fully saturated rings. The van der Waals surface area contributed by atoms with E-state index in [-0.39, 0.29) is 53.9 Å². The van der Waals surface area contributed by atoms with Crippen molar-refractivity contribution in [1.29, 1.82) is 0 Å². The first-order valence-electron chi connectivity index (χ1n) is 7.33. The lowest BCUT2D eigenvalue weighted by Gasteiger charge is -2.16. The molecule has 3 N–H and O–H groups in total. The predicted octanol–water partition coefficient (Wildman–Crippen LogP) is 0.261. The van der Waals surface area contributed by atoms with Crippen LogP contribution < -0.4 is 16.0 Å². The maximum absolute atomic E-state index is 11.8. The van der Waals surface area contributed by atoms with Gasteiger partial charge in [0.15, 0.2) is 15.8 Å². The number of halogens is 1. The second kappa shape index (κ2) is 10.2. The first-order chi connectivity index (χ1) is 9.86. The van der Waals surface area contributed by atoms with Gasteiger partial charge in [-0.15, -0.1) is 24.0 Å². The summed E-state index contributed by atoms with van der Waals surface area (Å²) in [5, 5.41) is 9.03. The fraction of sp³-hybridized carbons (Fsp3) is 0.846. The average molecular weight is 446 g/mol. The third kappa shape index (κ3) is 8.16. The molecule has 1 aliphatic rings. The molecule has 2 atom stereocenters.